The summed E-state index contributed by atoms with van der Waals surface area (Å²) in [7, 11) is 5.02. The molecule has 0 N–H and O–H groups in total. The molecule has 5 rings (SSSR count). The zero-order valence-corrected chi connectivity index (χ0v) is 18.9. The number of benzene rings is 2. The van der Waals surface area contributed by atoms with Crippen molar-refractivity contribution in [1.29, 1.82) is 0 Å². The Balaban J connectivity index is 1.47. The molecule has 0 fully saturated rings. The lowest BCUT2D eigenvalue weighted by Gasteiger charge is -2.29. The third-order valence-electron chi connectivity index (χ3n) is 6.23. The minimum atomic E-state index is 0.717. The number of methoxy groups -OCH3 is 3. The Morgan fingerprint density at radius 1 is 0.906 bits per heavy atom. The number of hydrogen-bond acceptors (Lipinski definition) is 6. The van der Waals surface area contributed by atoms with Crippen LogP contribution in [0.15, 0.2) is 51.5 Å². The summed E-state index contributed by atoms with van der Waals surface area (Å²) in [6.07, 6.45) is 2.65. The highest BCUT2D eigenvalue weighted by molar-refractivity contribution is 5.90. The topological polar surface area (TPSA) is 57.2 Å². The van der Waals surface area contributed by atoms with Crippen molar-refractivity contribution < 1.29 is 23.0 Å². The normalized spacial score (nSPS) is 13.9. The van der Waals surface area contributed by atoms with Crippen molar-refractivity contribution in [2.75, 3.05) is 27.9 Å². The van der Waals surface area contributed by atoms with Crippen LogP contribution < -0.4 is 14.2 Å². The molecule has 0 saturated heterocycles. The Morgan fingerprint density at radius 2 is 1.66 bits per heavy atom. The molecule has 2 aromatic heterocycles. The molecule has 0 bridgehead atoms. The fourth-order valence-electron chi connectivity index (χ4n) is 4.51. The molecule has 3 heterocycles. The first kappa shape index (κ1) is 20.5. The van der Waals surface area contributed by atoms with E-state index in [1.165, 1.54) is 16.7 Å². The van der Waals surface area contributed by atoms with Crippen LogP contribution in [0.2, 0.25) is 0 Å². The van der Waals surface area contributed by atoms with Crippen LogP contribution in [0.4, 0.5) is 0 Å². The second kappa shape index (κ2) is 8.28. The molecule has 1 aliphatic rings. The van der Waals surface area contributed by atoms with Crippen molar-refractivity contribution in [3.63, 3.8) is 0 Å². The summed E-state index contributed by atoms with van der Waals surface area (Å²) in [6.45, 7) is 4.65. The molecule has 0 unspecified atom stereocenters. The summed E-state index contributed by atoms with van der Waals surface area (Å²) in [5, 5.41) is 1.05. The number of aryl methyl sites for hydroxylation is 1. The van der Waals surface area contributed by atoms with Gasteiger partial charge in [0.1, 0.15) is 0 Å². The third kappa shape index (κ3) is 3.50. The van der Waals surface area contributed by atoms with E-state index in [0.29, 0.717) is 5.76 Å². The van der Waals surface area contributed by atoms with Crippen molar-refractivity contribution in [1.82, 2.24) is 4.90 Å². The maximum absolute atomic E-state index is 6.19. The molecule has 4 aromatic rings. The van der Waals surface area contributed by atoms with Crippen molar-refractivity contribution >= 4 is 11.0 Å². The fraction of sp³-hybridized carbons (Fsp3) is 0.308. The van der Waals surface area contributed by atoms with E-state index in [0.717, 1.165) is 65.6 Å². The number of fused-ring (bicyclic) bond motifs is 2. The van der Waals surface area contributed by atoms with Gasteiger partial charge >= 0.3 is 0 Å². The summed E-state index contributed by atoms with van der Waals surface area (Å²) in [5.74, 6) is 3.75. The predicted octanol–water partition coefficient (Wildman–Crippen LogP) is 5.59. The summed E-state index contributed by atoms with van der Waals surface area (Å²) < 4.78 is 28.4. The van der Waals surface area contributed by atoms with Crippen LogP contribution in [-0.2, 0) is 19.5 Å². The number of ether oxygens (including phenoxy) is 3. The lowest BCUT2D eigenvalue weighted by atomic mass is 9.98. The van der Waals surface area contributed by atoms with E-state index in [-0.39, 0.29) is 0 Å². The first-order chi connectivity index (χ1) is 15.6. The van der Waals surface area contributed by atoms with Gasteiger partial charge < -0.3 is 23.0 Å². The largest absolute Gasteiger partial charge is 0.493 e. The van der Waals surface area contributed by atoms with E-state index in [1.54, 1.807) is 27.6 Å². The first-order valence-electron chi connectivity index (χ1n) is 10.7. The van der Waals surface area contributed by atoms with Gasteiger partial charge in [-0.2, -0.15) is 0 Å². The summed E-state index contributed by atoms with van der Waals surface area (Å²) in [6, 6.07) is 12.3. The van der Waals surface area contributed by atoms with Crippen LogP contribution in [0.25, 0.3) is 22.5 Å². The number of rotatable bonds is 6. The van der Waals surface area contributed by atoms with E-state index >= 15 is 0 Å². The number of furan rings is 2. The van der Waals surface area contributed by atoms with Gasteiger partial charge in [0.2, 0.25) is 0 Å². The Kier molecular flexibility index (Phi) is 5.31. The molecular formula is C26H27NO5. The zero-order chi connectivity index (χ0) is 22.2. The molecule has 6 nitrogen and oxygen atoms in total. The Hall–Kier alpha value is -3.38. The first-order valence-corrected chi connectivity index (χ1v) is 10.7. The molecule has 0 radical (unpaired) electrons. The van der Waals surface area contributed by atoms with Gasteiger partial charge in [-0.05, 0) is 65.9 Å². The van der Waals surface area contributed by atoms with Gasteiger partial charge in [0.05, 0.1) is 27.6 Å². The van der Waals surface area contributed by atoms with E-state index < -0.39 is 0 Å². The van der Waals surface area contributed by atoms with Crippen LogP contribution >= 0.6 is 0 Å². The number of hydrogen-bond donors (Lipinski definition) is 0. The molecule has 0 saturated carbocycles. The highest BCUT2D eigenvalue weighted by atomic mass is 16.5. The second-order valence-electron chi connectivity index (χ2n) is 8.15. The van der Waals surface area contributed by atoms with E-state index in [1.807, 2.05) is 19.1 Å². The van der Waals surface area contributed by atoms with Crippen LogP contribution in [0, 0.1) is 6.92 Å². The maximum Gasteiger partial charge on any atom is 0.177 e. The molecule has 0 atom stereocenters. The van der Waals surface area contributed by atoms with Crippen molar-refractivity contribution in [2.45, 2.75) is 26.4 Å². The molecule has 0 amide bonds. The average molecular weight is 434 g/mol. The highest BCUT2D eigenvalue weighted by Crippen LogP contribution is 2.38. The van der Waals surface area contributed by atoms with Crippen LogP contribution in [-0.4, -0.2) is 32.8 Å². The predicted molar refractivity (Wildman–Crippen MR) is 123 cm³/mol. The molecule has 2 aromatic carbocycles. The molecule has 32 heavy (non-hydrogen) atoms. The molecule has 166 valence electrons. The Labute approximate surface area is 187 Å². The van der Waals surface area contributed by atoms with E-state index in [9.17, 15) is 0 Å². The van der Waals surface area contributed by atoms with Gasteiger partial charge in [0.25, 0.3) is 0 Å². The minimum absolute atomic E-state index is 0.717. The molecule has 0 spiro atoms. The zero-order valence-electron chi connectivity index (χ0n) is 18.9. The summed E-state index contributed by atoms with van der Waals surface area (Å²) in [4.78, 5) is 2.44. The Morgan fingerprint density at radius 3 is 2.34 bits per heavy atom. The highest BCUT2D eigenvalue weighted by Gasteiger charge is 2.22. The third-order valence-corrected chi connectivity index (χ3v) is 6.23. The van der Waals surface area contributed by atoms with Crippen molar-refractivity contribution in [3.8, 4) is 28.8 Å². The average Bonchev–Trinajstić information content (AvgIpc) is 3.44. The standard InChI is InChI=1S/C26H27NO5/c1-16-8-10-31-25(16)24-13-20-18(5-6-21(28-2)26(20)32-24)14-27-9-7-17-11-22(29-3)23(30-4)12-19(17)15-27/h5-6,8,10-13H,7,9,14-15H2,1-4H3. The SMILES string of the molecule is COc1cc2c(cc1OC)CN(Cc1ccc(OC)c3oc(-c4occc4C)cc13)CC2. The summed E-state index contributed by atoms with van der Waals surface area (Å²) >= 11 is 0. The van der Waals surface area contributed by atoms with Crippen LogP contribution in [0.5, 0.6) is 17.2 Å². The van der Waals surface area contributed by atoms with Crippen molar-refractivity contribution in [3.05, 3.63) is 64.9 Å². The van der Waals surface area contributed by atoms with Gasteiger partial charge in [0, 0.05) is 25.0 Å². The van der Waals surface area contributed by atoms with E-state index in [4.69, 9.17) is 23.0 Å². The lowest BCUT2D eigenvalue weighted by molar-refractivity contribution is 0.245. The smallest absolute Gasteiger partial charge is 0.177 e. The van der Waals surface area contributed by atoms with Gasteiger partial charge in [-0.1, -0.05) is 6.07 Å². The quantitative estimate of drug-likeness (QED) is 0.395. The van der Waals surface area contributed by atoms with E-state index in [2.05, 4.69) is 29.2 Å². The van der Waals surface area contributed by atoms with Gasteiger partial charge in [-0.25, -0.2) is 0 Å². The van der Waals surface area contributed by atoms with Crippen molar-refractivity contribution in [2.24, 2.45) is 0 Å². The molecule has 0 aliphatic carbocycles. The monoisotopic (exact) mass is 433 g/mol. The van der Waals surface area contributed by atoms with Gasteiger partial charge in [-0.15, -0.1) is 0 Å². The fourth-order valence-corrected chi connectivity index (χ4v) is 4.51. The molecular weight excluding hydrogens is 406 g/mol. The van der Waals surface area contributed by atoms with Crippen LogP contribution in [0.1, 0.15) is 22.3 Å². The lowest BCUT2D eigenvalue weighted by Crippen LogP contribution is -2.30. The number of nitrogens with zero attached hydrogens (tertiary/aromatic N) is 1. The molecule has 6 heteroatoms. The second-order valence-corrected chi connectivity index (χ2v) is 8.15. The minimum Gasteiger partial charge on any atom is -0.493 e. The molecule has 1 aliphatic heterocycles. The summed E-state index contributed by atoms with van der Waals surface area (Å²) in [5.41, 5.74) is 5.58. The Bertz CT molecular complexity index is 1270. The maximum atomic E-state index is 6.19. The van der Waals surface area contributed by atoms with Crippen LogP contribution in [0.3, 0.4) is 0 Å². The van der Waals surface area contributed by atoms with Gasteiger partial charge in [-0.3, -0.25) is 4.90 Å². The van der Waals surface area contributed by atoms with Gasteiger partial charge in [0.15, 0.2) is 34.4 Å².